The Kier molecular flexibility index (Phi) is 4.09. The van der Waals surface area contributed by atoms with Gasteiger partial charge in [-0.25, -0.2) is 0 Å². The number of anilines is 1. The zero-order valence-corrected chi connectivity index (χ0v) is 11.9. The zero-order valence-electron chi connectivity index (χ0n) is 11.9. The number of carbonyl (C=O) groups excluding carboxylic acids is 1. The molecule has 106 valence electrons. The van der Waals surface area contributed by atoms with Crippen molar-refractivity contribution in [1.29, 1.82) is 0 Å². The van der Waals surface area contributed by atoms with Crippen LogP contribution in [-0.2, 0) is 0 Å². The second kappa shape index (κ2) is 5.61. The van der Waals surface area contributed by atoms with Crippen molar-refractivity contribution in [3.05, 3.63) is 11.4 Å². The molecular formula is C13H23N5O. The van der Waals surface area contributed by atoms with Crippen LogP contribution < -0.4 is 5.73 Å². The van der Waals surface area contributed by atoms with E-state index in [0.717, 1.165) is 38.2 Å². The first-order valence-electron chi connectivity index (χ1n) is 6.73. The molecule has 19 heavy (non-hydrogen) atoms. The van der Waals surface area contributed by atoms with Crippen molar-refractivity contribution in [1.82, 2.24) is 20.0 Å². The number of hydrogen-bond acceptors (Lipinski definition) is 4. The predicted octanol–water partition coefficient (Wildman–Crippen LogP) is 0.714. The first-order chi connectivity index (χ1) is 8.99. The molecule has 1 saturated heterocycles. The largest absolute Gasteiger partial charge is 0.395 e. The Labute approximate surface area is 113 Å². The number of nitrogen functional groups attached to an aromatic ring is 1. The van der Waals surface area contributed by atoms with Crippen molar-refractivity contribution in [3.63, 3.8) is 0 Å². The summed E-state index contributed by atoms with van der Waals surface area (Å²) in [5.74, 6) is 0.479. The number of aromatic nitrogens is 2. The summed E-state index contributed by atoms with van der Waals surface area (Å²) >= 11 is 0. The third-order valence-electron chi connectivity index (χ3n) is 3.91. The van der Waals surface area contributed by atoms with Crippen molar-refractivity contribution in [2.75, 3.05) is 39.5 Å². The van der Waals surface area contributed by atoms with Gasteiger partial charge in [-0.2, -0.15) is 5.10 Å². The number of aryl methyl sites for hydroxylation is 1. The normalized spacial score (nSPS) is 17.6. The van der Waals surface area contributed by atoms with Gasteiger partial charge < -0.3 is 15.5 Å². The molecule has 2 rings (SSSR count). The van der Waals surface area contributed by atoms with E-state index in [1.807, 2.05) is 14.0 Å². The number of nitrogens with two attached hydrogens (primary N) is 1. The van der Waals surface area contributed by atoms with Gasteiger partial charge in [0.1, 0.15) is 0 Å². The van der Waals surface area contributed by atoms with E-state index in [1.54, 1.807) is 4.90 Å². The van der Waals surface area contributed by atoms with Crippen LogP contribution in [0.15, 0.2) is 0 Å². The second-order valence-corrected chi connectivity index (χ2v) is 5.54. The lowest BCUT2D eigenvalue weighted by atomic mass is 9.96. The molecule has 0 aliphatic carbocycles. The maximum Gasteiger partial charge on any atom is 0.276 e. The van der Waals surface area contributed by atoms with Gasteiger partial charge >= 0.3 is 0 Å². The minimum absolute atomic E-state index is 0.0965. The number of carbonyl (C=O) groups is 1. The average molecular weight is 265 g/mol. The van der Waals surface area contributed by atoms with Crippen LogP contribution in [0.5, 0.6) is 0 Å². The fraction of sp³-hybridized carbons (Fsp3) is 0.692. The molecule has 0 aromatic carbocycles. The highest BCUT2D eigenvalue weighted by molar-refractivity contribution is 5.97. The van der Waals surface area contributed by atoms with Crippen molar-refractivity contribution < 1.29 is 4.79 Å². The Morgan fingerprint density at radius 1 is 1.53 bits per heavy atom. The maximum atomic E-state index is 12.3. The smallest absolute Gasteiger partial charge is 0.276 e. The number of hydrogen-bond donors (Lipinski definition) is 2. The van der Waals surface area contributed by atoms with Crippen molar-refractivity contribution >= 4 is 11.6 Å². The quantitative estimate of drug-likeness (QED) is 0.844. The van der Waals surface area contributed by atoms with E-state index in [2.05, 4.69) is 22.1 Å². The number of nitrogens with zero attached hydrogens (tertiary/aromatic N) is 3. The van der Waals surface area contributed by atoms with Gasteiger partial charge in [0.15, 0.2) is 5.69 Å². The van der Waals surface area contributed by atoms with Crippen molar-refractivity contribution in [2.45, 2.75) is 19.8 Å². The Hall–Kier alpha value is -1.56. The summed E-state index contributed by atoms with van der Waals surface area (Å²) in [7, 11) is 3.96. The molecule has 0 atom stereocenters. The number of H-pyrrole nitrogens is 1. The summed E-state index contributed by atoms with van der Waals surface area (Å²) in [6.45, 7) is 4.81. The van der Waals surface area contributed by atoms with Gasteiger partial charge in [-0.1, -0.05) is 0 Å². The van der Waals surface area contributed by atoms with Gasteiger partial charge in [0, 0.05) is 13.6 Å². The summed E-state index contributed by atoms with van der Waals surface area (Å²) < 4.78 is 0. The van der Waals surface area contributed by atoms with E-state index in [1.165, 1.54) is 0 Å². The van der Waals surface area contributed by atoms with Crippen LogP contribution in [0, 0.1) is 12.8 Å². The summed E-state index contributed by atoms with van der Waals surface area (Å²) in [6.07, 6.45) is 2.28. The monoisotopic (exact) mass is 265 g/mol. The Balaban J connectivity index is 1.94. The van der Waals surface area contributed by atoms with Crippen LogP contribution in [0.1, 0.15) is 29.0 Å². The Bertz CT molecular complexity index is 448. The third-order valence-corrected chi connectivity index (χ3v) is 3.91. The molecule has 0 unspecified atom stereocenters. The first-order valence-corrected chi connectivity index (χ1v) is 6.73. The molecule has 1 aromatic rings. The molecule has 1 aliphatic heterocycles. The number of piperidine rings is 1. The molecule has 1 aliphatic rings. The van der Waals surface area contributed by atoms with E-state index in [9.17, 15) is 4.79 Å². The predicted molar refractivity (Wildman–Crippen MR) is 74.9 cm³/mol. The van der Waals surface area contributed by atoms with Gasteiger partial charge in [-0.05, 0) is 45.8 Å². The van der Waals surface area contributed by atoms with Crippen LogP contribution in [0.3, 0.4) is 0 Å². The number of amides is 1. The molecule has 3 N–H and O–H groups in total. The van der Waals surface area contributed by atoms with Gasteiger partial charge in [-0.15, -0.1) is 0 Å². The molecular weight excluding hydrogens is 242 g/mol. The molecule has 6 nitrogen and oxygen atoms in total. The zero-order chi connectivity index (χ0) is 14.0. The van der Waals surface area contributed by atoms with Crippen LogP contribution in [0.25, 0.3) is 0 Å². The van der Waals surface area contributed by atoms with Gasteiger partial charge in [0.2, 0.25) is 0 Å². The summed E-state index contributed by atoms with van der Waals surface area (Å²) in [6, 6.07) is 0. The lowest BCUT2D eigenvalue weighted by molar-refractivity contribution is 0.0742. The minimum Gasteiger partial charge on any atom is -0.395 e. The number of likely N-dealkylation sites (tertiary alicyclic amines) is 1. The lowest BCUT2D eigenvalue weighted by Gasteiger charge is -2.31. The van der Waals surface area contributed by atoms with Gasteiger partial charge in [-0.3, -0.25) is 9.89 Å². The molecule has 1 aromatic heterocycles. The Morgan fingerprint density at radius 2 is 2.16 bits per heavy atom. The van der Waals surface area contributed by atoms with Crippen LogP contribution in [0.4, 0.5) is 5.69 Å². The van der Waals surface area contributed by atoms with Crippen molar-refractivity contribution in [3.8, 4) is 0 Å². The third kappa shape index (κ3) is 3.07. The summed E-state index contributed by atoms with van der Waals surface area (Å²) in [5, 5.41) is 6.74. The molecule has 0 spiro atoms. The molecule has 1 fully saturated rings. The molecule has 0 radical (unpaired) electrons. The van der Waals surface area contributed by atoms with E-state index in [0.29, 0.717) is 17.3 Å². The summed E-state index contributed by atoms with van der Waals surface area (Å²) in [5.41, 5.74) is 7.39. The van der Waals surface area contributed by atoms with Crippen LogP contribution >= 0.6 is 0 Å². The number of aromatic amines is 1. The van der Waals surface area contributed by atoms with Crippen molar-refractivity contribution in [2.24, 2.45) is 5.92 Å². The number of nitrogens with one attached hydrogen (secondary N) is 1. The van der Waals surface area contributed by atoms with E-state index < -0.39 is 0 Å². The molecule has 0 saturated carbocycles. The van der Waals surface area contributed by atoms with E-state index in [4.69, 9.17) is 5.73 Å². The fourth-order valence-electron chi connectivity index (χ4n) is 2.50. The molecule has 2 heterocycles. The van der Waals surface area contributed by atoms with E-state index >= 15 is 0 Å². The molecule has 1 amide bonds. The van der Waals surface area contributed by atoms with Crippen LogP contribution in [-0.4, -0.2) is 59.6 Å². The maximum absolute atomic E-state index is 12.3. The standard InChI is InChI=1S/C13H23N5O/c1-9-11(14)12(16-15-9)13(19)18(3)8-10-4-6-17(2)7-5-10/h10H,4-8,14H2,1-3H3,(H,15,16). The Morgan fingerprint density at radius 3 is 2.68 bits per heavy atom. The van der Waals surface area contributed by atoms with Gasteiger partial charge in [0.25, 0.3) is 5.91 Å². The second-order valence-electron chi connectivity index (χ2n) is 5.54. The minimum atomic E-state index is -0.0965. The first kappa shape index (κ1) is 13.9. The lowest BCUT2D eigenvalue weighted by Crippen LogP contribution is -2.38. The molecule has 6 heteroatoms. The molecule has 0 bridgehead atoms. The van der Waals surface area contributed by atoms with E-state index in [-0.39, 0.29) is 5.91 Å². The fourth-order valence-corrected chi connectivity index (χ4v) is 2.50. The SMILES string of the molecule is Cc1[nH]nc(C(=O)N(C)CC2CCN(C)CC2)c1N. The number of rotatable bonds is 3. The highest BCUT2D eigenvalue weighted by Crippen LogP contribution is 2.19. The highest BCUT2D eigenvalue weighted by atomic mass is 16.2. The topological polar surface area (TPSA) is 78.2 Å². The van der Waals surface area contributed by atoms with Crippen LogP contribution in [0.2, 0.25) is 0 Å². The highest BCUT2D eigenvalue weighted by Gasteiger charge is 2.23. The van der Waals surface area contributed by atoms with Gasteiger partial charge in [0.05, 0.1) is 11.4 Å². The average Bonchev–Trinajstić information content (AvgIpc) is 2.72. The summed E-state index contributed by atoms with van der Waals surface area (Å²) in [4.78, 5) is 16.3.